The third-order valence-electron chi connectivity index (χ3n) is 4.11. The largest absolute Gasteiger partial charge is 0.338 e. The minimum Gasteiger partial charge on any atom is -0.338 e. The first-order valence-corrected chi connectivity index (χ1v) is 8.46. The Bertz CT molecular complexity index is 688. The van der Waals surface area contributed by atoms with Crippen LogP contribution in [0.1, 0.15) is 24.0 Å². The zero-order valence-electron chi connectivity index (χ0n) is 14.1. The maximum Gasteiger partial charge on any atom is 0.317 e. The molecule has 0 aliphatic heterocycles. The lowest BCUT2D eigenvalue weighted by Crippen LogP contribution is -2.42. The molecule has 2 aromatic rings. The fourth-order valence-corrected chi connectivity index (χ4v) is 2.67. The molecule has 1 aromatic carbocycles. The summed E-state index contributed by atoms with van der Waals surface area (Å²) in [5.74, 6) is 0. The van der Waals surface area contributed by atoms with Crippen molar-refractivity contribution < 1.29 is 4.79 Å². The van der Waals surface area contributed by atoms with Gasteiger partial charge < -0.3 is 10.2 Å². The van der Waals surface area contributed by atoms with E-state index in [-0.39, 0.29) is 6.03 Å². The second kappa shape index (κ2) is 7.81. The zero-order valence-corrected chi connectivity index (χ0v) is 14.1. The number of carbonyl (C=O) groups is 1. The molecule has 0 radical (unpaired) electrons. The van der Waals surface area contributed by atoms with Crippen LogP contribution in [0.25, 0.3) is 6.08 Å². The first-order chi connectivity index (χ1) is 11.7. The first kappa shape index (κ1) is 16.3. The van der Waals surface area contributed by atoms with Gasteiger partial charge in [-0.2, -0.15) is 5.10 Å². The molecule has 126 valence electrons. The van der Waals surface area contributed by atoms with Crippen LogP contribution >= 0.6 is 0 Å². The molecule has 3 rings (SSSR count). The predicted molar refractivity (Wildman–Crippen MR) is 95.5 cm³/mol. The molecule has 0 saturated heterocycles. The van der Waals surface area contributed by atoms with Crippen molar-refractivity contribution in [2.45, 2.75) is 25.3 Å². The summed E-state index contributed by atoms with van der Waals surface area (Å²) >= 11 is 0. The van der Waals surface area contributed by atoms with Crippen molar-refractivity contribution >= 4 is 12.1 Å². The van der Waals surface area contributed by atoms with Gasteiger partial charge in [-0.15, -0.1) is 0 Å². The molecule has 1 N–H and O–H groups in total. The topological polar surface area (TPSA) is 50.2 Å². The molecule has 2 amide bonds. The highest BCUT2D eigenvalue weighted by Crippen LogP contribution is 2.26. The molecule has 1 aliphatic rings. The number of nitrogens with one attached hydrogen (secondary N) is 1. The van der Waals surface area contributed by atoms with Crippen molar-refractivity contribution in [1.82, 2.24) is 20.0 Å². The number of nitrogens with zero attached hydrogens (tertiary/aromatic N) is 3. The van der Waals surface area contributed by atoms with Gasteiger partial charge in [0, 0.05) is 32.4 Å². The Morgan fingerprint density at radius 3 is 2.83 bits per heavy atom. The number of aryl methyl sites for hydroxylation is 1. The molecule has 0 atom stereocenters. The maximum absolute atomic E-state index is 12.4. The molecular weight excluding hydrogens is 300 g/mol. The number of carbonyl (C=O) groups excluding carboxylic acids is 1. The van der Waals surface area contributed by atoms with Crippen LogP contribution < -0.4 is 5.32 Å². The highest BCUT2D eigenvalue weighted by atomic mass is 16.2. The number of benzene rings is 1. The number of amides is 2. The highest BCUT2D eigenvalue weighted by Gasteiger charge is 2.31. The standard InChI is InChI=1S/C19H24N4O/c1-22-15-17(14-21-22)11-12-20-19(24)23(18-9-10-18)13-5-8-16-6-3-2-4-7-16/h2-8,14-15,18H,9-13H2,1H3,(H,20,24). The van der Waals surface area contributed by atoms with E-state index >= 15 is 0 Å². The number of urea groups is 1. The molecule has 5 heteroatoms. The van der Waals surface area contributed by atoms with E-state index in [1.165, 1.54) is 0 Å². The van der Waals surface area contributed by atoms with Crippen LogP contribution in [0.3, 0.4) is 0 Å². The van der Waals surface area contributed by atoms with E-state index in [2.05, 4.69) is 34.7 Å². The minimum absolute atomic E-state index is 0.0269. The zero-order chi connectivity index (χ0) is 16.8. The van der Waals surface area contributed by atoms with E-state index in [0.717, 1.165) is 30.4 Å². The van der Waals surface area contributed by atoms with E-state index < -0.39 is 0 Å². The Morgan fingerprint density at radius 2 is 2.17 bits per heavy atom. The van der Waals surface area contributed by atoms with Gasteiger partial charge in [0.2, 0.25) is 0 Å². The molecule has 0 bridgehead atoms. The van der Waals surface area contributed by atoms with Crippen LogP contribution in [-0.2, 0) is 13.5 Å². The van der Waals surface area contributed by atoms with Gasteiger partial charge in [-0.05, 0) is 30.4 Å². The summed E-state index contributed by atoms with van der Waals surface area (Å²) in [7, 11) is 1.90. The van der Waals surface area contributed by atoms with Crippen LogP contribution in [0.2, 0.25) is 0 Å². The van der Waals surface area contributed by atoms with Gasteiger partial charge in [0.15, 0.2) is 0 Å². The third kappa shape index (κ3) is 4.72. The Kier molecular flexibility index (Phi) is 5.31. The smallest absolute Gasteiger partial charge is 0.317 e. The second-order valence-electron chi connectivity index (χ2n) is 6.20. The monoisotopic (exact) mass is 324 g/mol. The summed E-state index contributed by atoms with van der Waals surface area (Å²) in [5, 5.41) is 7.17. The molecule has 1 saturated carbocycles. The third-order valence-corrected chi connectivity index (χ3v) is 4.11. The number of hydrogen-bond acceptors (Lipinski definition) is 2. The summed E-state index contributed by atoms with van der Waals surface area (Å²) in [6.45, 7) is 1.29. The predicted octanol–water partition coefficient (Wildman–Crippen LogP) is 2.85. The van der Waals surface area contributed by atoms with E-state index in [1.54, 1.807) is 4.68 Å². The van der Waals surface area contributed by atoms with E-state index in [1.807, 2.05) is 42.5 Å². The summed E-state index contributed by atoms with van der Waals surface area (Å²) in [6, 6.07) is 10.6. The van der Waals surface area contributed by atoms with Crippen LogP contribution in [-0.4, -0.2) is 39.8 Å². The SMILES string of the molecule is Cn1cc(CCNC(=O)N(CC=Cc2ccccc2)C2CC2)cn1. The average molecular weight is 324 g/mol. The van der Waals surface area contributed by atoms with Gasteiger partial charge in [0.1, 0.15) is 0 Å². The van der Waals surface area contributed by atoms with Crippen molar-refractivity contribution in [3.63, 3.8) is 0 Å². The van der Waals surface area contributed by atoms with Crippen LogP contribution in [0.4, 0.5) is 4.79 Å². The van der Waals surface area contributed by atoms with Gasteiger partial charge in [0.25, 0.3) is 0 Å². The Hall–Kier alpha value is -2.56. The van der Waals surface area contributed by atoms with Crippen molar-refractivity contribution in [2.75, 3.05) is 13.1 Å². The Labute approximate surface area is 143 Å². The van der Waals surface area contributed by atoms with Gasteiger partial charge in [-0.3, -0.25) is 4.68 Å². The molecule has 24 heavy (non-hydrogen) atoms. The summed E-state index contributed by atoms with van der Waals surface area (Å²) in [5.41, 5.74) is 2.30. The lowest BCUT2D eigenvalue weighted by molar-refractivity contribution is 0.201. The van der Waals surface area contributed by atoms with Crippen molar-refractivity contribution in [3.05, 3.63) is 59.9 Å². The van der Waals surface area contributed by atoms with Crippen molar-refractivity contribution in [1.29, 1.82) is 0 Å². The number of hydrogen-bond donors (Lipinski definition) is 1. The Balaban J connectivity index is 1.47. The van der Waals surface area contributed by atoms with E-state index in [0.29, 0.717) is 19.1 Å². The molecule has 0 unspecified atom stereocenters. The fraction of sp³-hybridized carbons (Fsp3) is 0.368. The molecule has 1 aromatic heterocycles. The van der Waals surface area contributed by atoms with E-state index in [4.69, 9.17) is 0 Å². The van der Waals surface area contributed by atoms with Gasteiger partial charge in [-0.25, -0.2) is 4.79 Å². The second-order valence-corrected chi connectivity index (χ2v) is 6.20. The number of aromatic nitrogens is 2. The van der Waals surface area contributed by atoms with Crippen LogP contribution in [0.15, 0.2) is 48.8 Å². The number of rotatable bonds is 7. The Morgan fingerprint density at radius 1 is 1.38 bits per heavy atom. The minimum atomic E-state index is 0.0269. The maximum atomic E-state index is 12.4. The molecule has 0 spiro atoms. The first-order valence-electron chi connectivity index (χ1n) is 8.46. The summed E-state index contributed by atoms with van der Waals surface area (Å²) in [4.78, 5) is 14.4. The normalized spacial score (nSPS) is 14.0. The molecule has 5 nitrogen and oxygen atoms in total. The molecule has 1 heterocycles. The van der Waals surface area contributed by atoms with Gasteiger partial charge in [-0.1, -0.05) is 42.5 Å². The van der Waals surface area contributed by atoms with Crippen LogP contribution in [0.5, 0.6) is 0 Å². The van der Waals surface area contributed by atoms with E-state index in [9.17, 15) is 4.79 Å². The summed E-state index contributed by atoms with van der Waals surface area (Å²) < 4.78 is 1.78. The van der Waals surface area contributed by atoms with Crippen molar-refractivity contribution in [3.8, 4) is 0 Å². The summed E-state index contributed by atoms with van der Waals surface area (Å²) in [6.07, 6.45) is 11.0. The van der Waals surface area contributed by atoms with Gasteiger partial charge >= 0.3 is 6.03 Å². The highest BCUT2D eigenvalue weighted by molar-refractivity contribution is 5.75. The molecule has 1 aliphatic carbocycles. The molecule has 1 fully saturated rings. The lowest BCUT2D eigenvalue weighted by atomic mass is 10.2. The van der Waals surface area contributed by atoms with Crippen molar-refractivity contribution in [2.24, 2.45) is 7.05 Å². The van der Waals surface area contributed by atoms with Crippen LogP contribution in [0, 0.1) is 0 Å². The lowest BCUT2D eigenvalue weighted by Gasteiger charge is -2.21. The van der Waals surface area contributed by atoms with Gasteiger partial charge in [0.05, 0.1) is 6.20 Å². The quantitative estimate of drug-likeness (QED) is 0.851. The fourth-order valence-electron chi connectivity index (χ4n) is 2.67. The average Bonchev–Trinajstić information content (AvgIpc) is 3.34. The molecular formula is C19H24N4O.